The van der Waals surface area contributed by atoms with Crippen LogP contribution in [0.1, 0.15) is 6.42 Å². The Kier molecular flexibility index (Phi) is 3.84. The fourth-order valence-electron chi connectivity index (χ4n) is 1.16. The van der Waals surface area contributed by atoms with Gasteiger partial charge in [0.1, 0.15) is 0 Å². The zero-order valence-corrected chi connectivity index (χ0v) is 7.46. The van der Waals surface area contributed by atoms with Gasteiger partial charge in [-0.25, -0.2) is 0 Å². The summed E-state index contributed by atoms with van der Waals surface area (Å²) in [5.41, 5.74) is 7.04. The average molecular weight is 162 g/mol. The largest absolute Gasteiger partial charge is 0.358 e. The van der Waals surface area contributed by atoms with E-state index in [4.69, 9.17) is 5.73 Å². The molecule has 1 unspecified atom stereocenters. The number of hydrogen-bond acceptors (Lipinski definition) is 2. The van der Waals surface area contributed by atoms with Gasteiger partial charge in [-0.2, -0.15) is 0 Å². The first-order chi connectivity index (χ1) is 5.83. The quantitative estimate of drug-likeness (QED) is 0.439. The van der Waals surface area contributed by atoms with E-state index in [1.54, 1.807) is 0 Å². The van der Waals surface area contributed by atoms with E-state index in [2.05, 4.69) is 23.5 Å². The average Bonchev–Trinajstić information content (AvgIpc) is 2.04. The summed E-state index contributed by atoms with van der Waals surface area (Å²) in [4.78, 5) is 0. The van der Waals surface area contributed by atoms with Gasteiger partial charge in [-0.15, -0.1) is 0 Å². The number of rotatable bonds is 2. The van der Waals surface area contributed by atoms with Gasteiger partial charge in [-0.05, 0) is 12.0 Å². The fourth-order valence-corrected chi connectivity index (χ4v) is 1.16. The van der Waals surface area contributed by atoms with Crippen molar-refractivity contribution in [2.24, 2.45) is 5.73 Å². The molecule has 3 heteroatoms. The summed E-state index contributed by atoms with van der Waals surface area (Å²) in [5.74, 6) is 0. The highest BCUT2D eigenvalue weighted by Crippen LogP contribution is 2.03. The number of nitrogens with two attached hydrogens (primary N) is 1. The molecule has 1 aliphatic carbocycles. The maximum atomic E-state index is 5.74. The van der Waals surface area contributed by atoms with Gasteiger partial charge in [0.05, 0.1) is 0 Å². The zero-order valence-electron chi connectivity index (χ0n) is 7.46. The molecule has 0 spiro atoms. The van der Waals surface area contributed by atoms with Crippen LogP contribution in [0.2, 0.25) is 0 Å². The van der Waals surface area contributed by atoms with Crippen LogP contribution in [0.5, 0.6) is 0 Å². The molecule has 12 heavy (non-hydrogen) atoms. The first-order valence-electron chi connectivity index (χ1n) is 4.27. The van der Waals surface area contributed by atoms with E-state index < -0.39 is 0 Å². The molecule has 0 aliphatic heterocycles. The molecular weight excluding hydrogens is 147 g/mol. The van der Waals surface area contributed by atoms with E-state index in [0.717, 1.165) is 13.0 Å². The van der Waals surface area contributed by atoms with E-state index in [9.17, 15) is 0 Å². The summed E-state index contributed by atoms with van der Waals surface area (Å²) >= 11 is 0. The maximum absolute atomic E-state index is 5.74. The minimum Gasteiger partial charge on any atom is -0.358 e. The predicted molar refractivity (Wildman–Crippen MR) is 55.5 cm³/mol. The van der Waals surface area contributed by atoms with Crippen LogP contribution >= 0.6 is 0 Å². The molecule has 0 aromatic rings. The molecule has 0 aromatic heterocycles. The van der Waals surface area contributed by atoms with Gasteiger partial charge < -0.3 is 11.0 Å². The number of nitrogens with one attached hydrogen (secondary N) is 1. The Morgan fingerprint density at radius 3 is 3.17 bits per heavy atom. The highest BCUT2D eigenvalue weighted by Gasteiger charge is 1.95. The molecule has 0 radical (unpaired) electrons. The van der Waals surface area contributed by atoms with Crippen LogP contribution in [0, 0.1) is 0 Å². The van der Waals surface area contributed by atoms with E-state index in [0.29, 0.717) is 0 Å². The molecule has 0 heterocycles. The second-order valence-electron chi connectivity index (χ2n) is 2.91. The summed E-state index contributed by atoms with van der Waals surface area (Å²) in [6, 6.07) is 0.0746. The van der Waals surface area contributed by atoms with Crippen LogP contribution in [0.4, 0.5) is 0 Å². The molecule has 0 saturated heterocycles. The third kappa shape index (κ3) is 3.07. The lowest BCUT2D eigenvalue weighted by Crippen LogP contribution is -2.15. The van der Waals surface area contributed by atoms with Gasteiger partial charge in [0.15, 0.2) is 7.98 Å². The van der Waals surface area contributed by atoms with Crippen molar-refractivity contribution in [3.8, 4) is 0 Å². The molecular formula is C9H15BN2. The first-order valence-corrected chi connectivity index (χ1v) is 4.27. The lowest BCUT2D eigenvalue weighted by atomic mass is 10.1. The summed E-state index contributed by atoms with van der Waals surface area (Å²) in [7, 11) is 1.95. The van der Waals surface area contributed by atoms with Gasteiger partial charge in [-0.1, -0.05) is 30.4 Å². The lowest BCUT2D eigenvalue weighted by Gasteiger charge is -2.05. The molecule has 0 bridgehead atoms. The normalized spacial score (nSPS) is 30.1. The Balaban J connectivity index is 2.62. The zero-order chi connectivity index (χ0) is 8.81. The van der Waals surface area contributed by atoms with Gasteiger partial charge in [0.25, 0.3) is 0 Å². The van der Waals surface area contributed by atoms with E-state index in [-0.39, 0.29) is 6.04 Å². The van der Waals surface area contributed by atoms with E-state index in [1.807, 2.05) is 20.1 Å². The van der Waals surface area contributed by atoms with Crippen LogP contribution in [0.3, 0.4) is 0 Å². The molecule has 0 saturated carbocycles. The first kappa shape index (κ1) is 9.29. The van der Waals surface area contributed by atoms with Crippen LogP contribution in [0.15, 0.2) is 36.0 Å². The van der Waals surface area contributed by atoms with Crippen molar-refractivity contribution in [3.05, 3.63) is 36.0 Å². The van der Waals surface area contributed by atoms with Crippen LogP contribution < -0.4 is 11.0 Å². The van der Waals surface area contributed by atoms with Gasteiger partial charge in [-0.3, -0.25) is 0 Å². The van der Waals surface area contributed by atoms with Crippen LogP contribution in [0.25, 0.3) is 0 Å². The SMILES string of the molecule is BNCC1=C/CC=CC(N)/C=C\1. The molecule has 1 atom stereocenters. The maximum Gasteiger partial charge on any atom is 0.182 e. The summed E-state index contributed by atoms with van der Waals surface area (Å²) in [6.07, 6.45) is 11.4. The highest BCUT2D eigenvalue weighted by atomic mass is 14.7. The lowest BCUT2D eigenvalue weighted by molar-refractivity contribution is 0.992. The molecule has 64 valence electrons. The van der Waals surface area contributed by atoms with Crippen LogP contribution in [-0.2, 0) is 0 Å². The second-order valence-corrected chi connectivity index (χ2v) is 2.91. The molecule has 3 N–H and O–H groups in total. The summed E-state index contributed by atoms with van der Waals surface area (Å²) < 4.78 is 0. The Morgan fingerprint density at radius 1 is 1.58 bits per heavy atom. The fraction of sp³-hybridized carbons (Fsp3) is 0.333. The topological polar surface area (TPSA) is 38.0 Å². The Bertz CT molecular complexity index is 219. The Hall–Kier alpha value is -0.795. The van der Waals surface area contributed by atoms with Crippen molar-refractivity contribution >= 4 is 7.98 Å². The molecule has 0 amide bonds. The smallest absolute Gasteiger partial charge is 0.182 e. The Morgan fingerprint density at radius 2 is 2.42 bits per heavy atom. The van der Waals surface area contributed by atoms with E-state index in [1.165, 1.54) is 5.57 Å². The number of allylic oxidation sites excluding steroid dienone is 2. The van der Waals surface area contributed by atoms with Crippen molar-refractivity contribution in [2.75, 3.05) is 6.54 Å². The monoisotopic (exact) mass is 162 g/mol. The molecule has 1 aliphatic rings. The molecule has 0 fully saturated rings. The summed E-state index contributed by atoms with van der Waals surface area (Å²) in [6.45, 7) is 0.914. The third-order valence-corrected chi connectivity index (χ3v) is 1.79. The minimum atomic E-state index is 0.0746. The van der Waals surface area contributed by atoms with Gasteiger partial charge in [0.2, 0.25) is 0 Å². The van der Waals surface area contributed by atoms with Crippen molar-refractivity contribution in [1.29, 1.82) is 0 Å². The molecule has 0 aromatic carbocycles. The number of hydrogen-bond donors (Lipinski definition) is 2. The third-order valence-electron chi connectivity index (χ3n) is 1.79. The van der Waals surface area contributed by atoms with Crippen molar-refractivity contribution in [3.63, 3.8) is 0 Å². The molecule has 1 rings (SSSR count). The Labute approximate surface area is 74.6 Å². The van der Waals surface area contributed by atoms with Crippen LogP contribution in [-0.4, -0.2) is 20.6 Å². The van der Waals surface area contributed by atoms with Crippen molar-refractivity contribution in [2.45, 2.75) is 12.5 Å². The standard InChI is InChI=1S/C9H15BN2/c10-12-7-8-3-1-2-4-9(11)6-5-8/h2-6,9,12H,1,7,10-11H2/b4-2?,6-5-,8-3+. The van der Waals surface area contributed by atoms with E-state index >= 15 is 0 Å². The van der Waals surface area contributed by atoms with Crippen molar-refractivity contribution < 1.29 is 0 Å². The van der Waals surface area contributed by atoms with Gasteiger partial charge in [0, 0.05) is 12.6 Å². The highest BCUT2D eigenvalue weighted by molar-refractivity contribution is 6.04. The minimum absolute atomic E-state index is 0.0746. The summed E-state index contributed by atoms with van der Waals surface area (Å²) in [5, 5.41) is 3.12. The van der Waals surface area contributed by atoms with Gasteiger partial charge >= 0.3 is 0 Å². The van der Waals surface area contributed by atoms with Crippen molar-refractivity contribution in [1.82, 2.24) is 5.23 Å². The molecule has 2 nitrogen and oxygen atoms in total. The second kappa shape index (κ2) is 4.96. The predicted octanol–water partition coefficient (Wildman–Crippen LogP) is -0.106.